The number of para-hydroxylation sites is 2. The number of hydrogen-bond acceptors (Lipinski definition) is 3. The minimum absolute atomic E-state index is 0.0541. The van der Waals surface area contributed by atoms with Gasteiger partial charge in [-0.2, -0.15) is 5.10 Å². The summed E-state index contributed by atoms with van der Waals surface area (Å²) in [4.78, 5) is 27.8. The number of rotatable bonds is 8. The zero-order valence-corrected chi connectivity index (χ0v) is 21.7. The summed E-state index contributed by atoms with van der Waals surface area (Å²) in [6, 6.07) is 17.2. The fourth-order valence-electron chi connectivity index (χ4n) is 3.69. The van der Waals surface area contributed by atoms with Gasteiger partial charge in [0.25, 0.3) is 0 Å². The Balaban J connectivity index is 1.82. The molecule has 0 aliphatic heterocycles. The van der Waals surface area contributed by atoms with Crippen molar-refractivity contribution in [1.82, 2.24) is 14.7 Å². The van der Waals surface area contributed by atoms with Crippen molar-refractivity contribution in [2.45, 2.75) is 59.8 Å². The number of nitrogens with zero attached hydrogens (tertiary/aromatic N) is 3. The zero-order chi connectivity index (χ0) is 25.6. The maximum absolute atomic E-state index is 13.2. The van der Waals surface area contributed by atoms with E-state index in [1.165, 1.54) is 0 Å². The summed E-state index contributed by atoms with van der Waals surface area (Å²) in [6.45, 7) is 12.7. The van der Waals surface area contributed by atoms with Gasteiger partial charge in [0.05, 0.1) is 11.4 Å². The van der Waals surface area contributed by atoms with Crippen molar-refractivity contribution in [3.8, 4) is 5.69 Å². The lowest BCUT2D eigenvalue weighted by molar-refractivity contribution is -0.116. The summed E-state index contributed by atoms with van der Waals surface area (Å²) in [6.07, 6.45) is 1.73. The molecule has 186 valence electrons. The molecule has 0 radical (unpaired) electrons. The van der Waals surface area contributed by atoms with Gasteiger partial charge in [0.1, 0.15) is 12.4 Å². The highest BCUT2D eigenvalue weighted by molar-refractivity contribution is 5.97. The van der Waals surface area contributed by atoms with Crippen LogP contribution in [0.25, 0.3) is 5.69 Å². The molecule has 35 heavy (non-hydrogen) atoms. The average Bonchev–Trinajstić information content (AvgIpc) is 3.22. The van der Waals surface area contributed by atoms with Gasteiger partial charge in [0.2, 0.25) is 5.91 Å². The number of benzene rings is 2. The second kappa shape index (κ2) is 11.2. The third-order valence-electron chi connectivity index (χ3n) is 5.88. The van der Waals surface area contributed by atoms with Gasteiger partial charge >= 0.3 is 6.03 Å². The highest BCUT2D eigenvalue weighted by atomic mass is 16.2. The molecule has 7 nitrogen and oxygen atoms in total. The molecule has 1 heterocycles. The number of carbonyl (C=O) groups excluding carboxylic acids is 2. The lowest BCUT2D eigenvalue weighted by atomic mass is 9.92. The van der Waals surface area contributed by atoms with Gasteiger partial charge in [-0.3, -0.25) is 4.79 Å². The topological polar surface area (TPSA) is 79.3 Å². The van der Waals surface area contributed by atoms with E-state index in [2.05, 4.69) is 38.3 Å². The van der Waals surface area contributed by atoms with Crippen LogP contribution in [0.3, 0.4) is 0 Å². The van der Waals surface area contributed by atoms with Crippen LogP contribution in [0.15, 0.2) is 54.6 Å². The Morgan fingerprint density at radius 3 is 2.26 bits per heavy atom. The number of carbonyl (C=O) groups is 2. The molecule has 3 amide bonds. The van der Waals surface area contributed by atoms with E-state index < -0.39 is 0 Å². The fraction of sp³-hybridized carbons (Fsp3) is 0.393. The molecule has 0 fully saturated rings. The molecule has 0 spiro atoms. The summed E-state index contributed by atoms with van der Waals surface area (Å²) >= 11 is 0. The maximum Gasteiger partial charge on any atom is 0.322 e. The Hall–Kier alpha value is -3.61. The molecular formula is C28H37N5O2. The van der Waals surface area contributed by atoms with E-state index in [1.54, 1.807) is 9.58 Å². The number of anilines is 2. The Kier molecular flexibility index (Phi) is 8.33. The van der Waals surface area contributed by atoms with Crippen molar-refractivity contribution in [2.24, 2.45) is 0 Å². The van der Waals surface area contributed by atoms with Crippen LogP contribution in [0.4, 0.5) is 16.3 Å². The van der Waals surface area contributed by atoms with Gasteiger partial charge in [-0.15, -0.1) is 0 Å². The second-order valence-electron chi connectivity index (χ2n) is 9.93. The predicted octanol–water partition coefficient (Wildman–Crippen LogP) is 6.06. The number of unbranched alkanes of at least 4 members (excludes halogenated alkanes) is 1. The normalized spacial score (nSPS) is 11.3. The molecule has 3 aromatic rings. The third kappa shape index (κ3) is 6.72. The molecule has 1 aromatic heterocycles. The van der Waals surface area contributed by atoms with Gasteiger partial charge in [-0.25, -0.2) is 9.48 Å². The van der Waals surface area contributed by atoms with E-state index in [4.69, 9.17) is 5.10 Å². The zero-order valence-electron chi connectivity index (χ0n) is 21.7. The minimum Gasteiger partial charge on any atom is -0.315 e. The van der Waals surface area contributed by atoms with Crippen molar-refractivity contribution >= 4 is 23.4 Å². The monoisotopic (exact) mass is 475 g/mol. The quantitative estimate of drug-likeness (QED) is 0.416. The second-order valence-corrected chi connectivity index (χ2v) is 9.93. The van der Waals surface area contributed by atoms with Crippen molar-refractivity contribution in [3.63, 3.8) is 0 Å². The molecule has 3 rings (SSSR count). The Labute approximate surface area is 208 Å². The first-order chi connectivity index (χ1) is 16.6. The molecule has 0 saturated heterocycles. The Morgan fingerprint density at radius 2 is 1.63 bits per heavy atom. The average molecular weight is 476 g/mol. The van der Waals surface area contributed by atoms with Crippen molar-refractivity contribution in [1.29, 1.82) is 0 Å². The molecule has 2 N–H and O–H groups in total. The van der Waals surface area contributed by atoms with E-state index in [1.807, 2.05) is 68.4 Å². The number of aromatic nitrogens is 2. The molecular weight excluding hydrogens is 438 g/mol. The largest absolute Gasteiger partial charge is 0.322 e. The number of urea groups is 1. The van der Waals surface area contributed by atoms with Crippen molar-refractivity contribution < 1.29 is 9.59 Å². The molecule has 0 bridgehead atoms. The lowest BCUT2D eigenvalue weighted by Crippen LogP contribution is -2.41. The SMILES string of the molecule is CCCCN(CC(=O)Nc1cc(C(C)(C)C)nn1-c1ccccc1C)C(=O)Nc1ccccc1C. The number of hydrogen-bond donors (Lipinski definition) is 2. The first kappa shape index (κ1) is 26.0. The van der Waals surface area contributed by atoms with E-state index >= 15 is 0 Å². The predicted molar refractivity (Wildman–Crippen MR) is 142 cm³/mol. The van der Waals surface area contributed by atoms with E-state index in [0.717, 1.165) is 41.0 Å². The lowest BCUT2D eigenvalue weighted by Gasteiger charge is -2.23. The standard InChI is InChI=1S/C28H37N5O2/c1-7-8-17-32(27(35)29-22-15-11-9-13-20(22)2)19-26(34)30-25-18-24(28(4,5)6)31-33(25)23-16-12-10-14-21(23)3/h9-16,18H,7-8,17,19H2,1-6H3,(H,29,35)(H,30,34). The number of nitrogens with one attached hydrogen (secondary N) is 2. The molecule has 0 unspecified atom stereocenters. The number of aryl methyl sites for hydroxylation is 2. The third-order valence-corrected chi connectivity index (χ3v) is 5.88. The highest BCUT2D eigenvalue weighted by Crippen LogP contribution is 2.27. The Morgan fingerprint density at radius 1 is 0.971 bits per heavy atom. The van der Waals surface area contributed by atoms with Gasteiger partial charge in [0.15, 0.2) is 0 Å². The smallest absolute Gasteiger partial charge is 0.315 e. The molecule has 2 aromatic carbocycles. The van der Waals surface area contributed by atoms with Crippen LogP contribution in [0, 0.1) is 13.8 Å². The van der Waals surface area contributed by atoms with E-state index in [0.29, 0.717) is 12.4 Å². The molecule has 0 saturated carbocycles. The Bertz CT molecular complexity index is 1180. The van der Waals surface area contributed by atoms with Gasteiger partial charge in [0, 0.05) is 23.7 Å². The van der Waals surface area contributed by atoms with Gasteiger partial charge in [-0.1, -0.05) is 70.5 Å². The molecule has 0 aliphatic rings. The maximum atomic E-state index is 13.2. The van der Waals surface area contributed by atoms with Crippen LogP contribution in [-0.4, -0.2) is 39.7 Å². The summed E-state index contributed by atoms with van der Waals surface area (Å²) in [5, 5.41) is 10.8. The van der Waals surface area contributed by atoms with Crippen LogP contribution in [-0.2, 0) is 10.2 Å². The minimum atomic E-state index is -0.286. The fourth-order valence-corrected chi connectivity index (χ4v) is 3.69. The van der Waals surface area contributed by atoms with E-state index in [9.17, 15) is 9.59 Å². The summed E-state index contributed by atoms with van der Waals surface area (Å²) in [5.74, 6) is 0.320. The summed E-state index contributed by atoms with van der Waals surface area (Å²) < 4.78 is 1.78. The van der Waals surface area contributed by atoms with Gasteiger partial charge in [-0.05, 0) is 43.5 Å². The molecule has 0 atom stereocenters. The molecule has 0 aliphatic carbocycles. The van der Waals surface area contributed by atoms with Crippen LogP contribution in [0.5, 0.6) is 0 Å². The molecule has 7 heteroatoms. The van der Waals surface area contributed by atoms with Gasteiger partial charge < -0.3 is 15.5 Å². The first-order valence-corrected chi connectivity index (χ1v) is 12.2. The van der Waals surface area contributed by atoms with Crippen LogP contribution >= 0.6 is 0 Å². The number of amides is 3. The van der Waals surface area contributed by atoms with Crippen LogP contribution < -0.4 is 10.6 Å². The van der Waals surface area contributed by atoms with Crippen LogP contribution in [0.2, 0.25) is 0 Å². The van der Waals surface area contributed by atoms with Crippen molar-refractivity contribution in [2.75, 3.05) is 23.7 Å². The van der Waals surface area contributed by atoms with Crippen LogP contribution in [0.1, 0.15) is 57.4 Å². The van der Waals surface area contributed by atoms with Crippen molar-refractivity contribution in [3.05, 3.63) is 71.4 Å². The summed E-state index contributed by atoms with van der Waals surface area (Å²) in [7, 11) is 0. The highest BCUT2D eigenvalue weighted by Gasteiger charge is 2.23. The summed E-state index contributed by atoms with van der Waals surface area (Å²) in [5.41, 5.74) is 4.35. The van der Waals surface area contributed by atoms with E-state index in [-0.39, 0.29) is 23.9 Å². The first-order valence-electron chi connectivity index (χ1n) is 12.2.